The molecule has 0 N–H and O–H groups in total. The van der Waals surface area contributed by atoms with Crippen molar-refractivity contribution in [2.24, 2.45) is 0 Å². The topological polar surface area (TPSA) is 72.9 Å². The van der Waals surface area contributed by atoms with Gasteiger partial charge in [0.1, 0.15) is 5.75 Å². The van der Waals surface area contributed by atoms with Crippen LogP contribution in [0.5, 0.6) is 5.75 Å². The van der Waals surface area contributed by atoms with Crippen LogP contribution in [0.1, 0.15) is 18.4 Å². The fourth-order valence-electron chi connectivity index (χ4n) is 2.62. The van der Waals surface area contributed by atoms with Crippen molar-refractivity contribution in [3.63, 3.8) is 0 Å². The number of halogens is 1. The molecule has 0 aliphatic carbocycles. The van der Waals surface area contributed by atoms with Crippen LogP contribution in [0.2, 0.25) is 5.02 Å². The highest BCUT2D eigenvalue weighted by atomic mass is 35.5. The first-order valence-electron chi connectivity index (χ1n) is 7.60. The predicted molar refractivity (Wildman–Crippen MR) is 90.8 cm³/mol. The lowest BCUT2D eigenvalue weighted by atomic mass is 10.0. The van der Waals surface area contributed by atoms with Gasteiger partial charge in [-0.3, -0.25) is 9.59 Å². The van der Waals surface area contributed by atoms with Gasteiger partial charge in [0.05, 0.1) is 12.3 Å². The molecule has 0 fully saturated rings. The number of nitrogens with zero attached hydrogens (tertiary/aromatic N) is 1. The number of carbonyl (C=O) groups is 3. The van der Waals surface area contributed by atoms with Gasteiger partial charge in [-0.2, -0.15) is 0 Å². The van der Waals surface area contributed by atoms with Crippen molar-refractivity contribution in [3.8, 4) is 5.75 Å². The highest BCUT2D eigenvalue weighted by Gasteiger charge is 2.46. The Morgan fingerprint density at radius 2 is 1.88 bits per heavy atom. The van der Waals surface area contributed by atoms with Crippen molar-refractivity contribution in [3.05, 3.63) is 59.1 Å². The van der Waals surface area contributed by atoms with Crippen LogP contribution < -0.4 is 9.64 Å². The van der Waals surface area contributed by atoms with Gasteiger partial charge in [0.25, 0.3) is 5.91 Å². The van der Waals surface area contributed by atoms with Gasteiger partial charge in [-0.15, -0.1) is 0 Å². The van der Waals surface area contributed by atoms with Crippen molar-refractivity contribution in [1.29, 1.82) is 0 Å². The largest absolute Gasteiger partial charge is 0.465 e. The van der Waals surface area contributed by atoms with Crippen LogP contribution in [-0.4, -0.2) is 24.6 Å². The summed E-state index contributed by atoms with van der Waals surface area (Å²) in [4.78, 5) is 38.2. The normalized spacial score (nSPS) is 15.7. The van der Waals surface area contributed by atoms with Crippen LogP contribution in [0.25, 0.3) is 0 Å². The quantitative estimate of drug-likeness (QED) is 0.619. The molecule has 3 rings (SSSR count). The maximum Gasteiger partial charge on any atom is 0.426 e. The Balaban J connectivity index is 1.96. The van der Waals surface area contributed by atoms with Crippen LogP contribution >= 0.6 is 11.6 Å². The third-order valence-electron chi connectivity index (χ3n) is 3.66. The molecule has 2 aromatic carbocycles. The van der Waals surface area contributed by atoms with Gasteiger partial charge in [0.15, 0.2) is 5.92 Å². The van der Waals surface area contributed by atoms with Crippen molar-refractivity contribution >= 4 is 35.3 Å². The Morgan fingerprint density at radius 1 is 1.16 bits per heavy atom. The summed E-state index contributed by atoms with van der Waals surface area (Å²) in [6.45, 7) is 1.75. The lowest BCUT2D eigenvalue weighted by Crippen LogP contribution is -2.39. The monoisotopic (exact) mass is 359 g/mol. The Hall–Kier alpha value is -2.86. The van der Waals surface area contributed by atoms with E-state index in [2.05, 4.69) is 0 Å². The minimum Gasteiger partial charge on any atom is -0.465 e. The minimum absolute atomic E-state index is 0.118. The number of rotatable bonds is 3. The number of hydrogen-bond donors (Lipinski definition) is 0. The fourth-order valence-corrected chi connectivity index (χ4v) is 2.80. The average Bonchev–Trinajstić information content (AvgIpc) is 2.87. The number of fused-ring (bicyclic) bond motifs is 1. The standard InChI is InChI=1S/C18H14ClNO5/c1-2-24-17(22)15-13-10-11(19)8-9-14(13)20(16(15)21)18(23)25-12-6-4-3-5-7-12/h3-10,15H,2H2,1H3. The molecule has 1 heterocycles. The molecule has 2 aromatic rings. The SMILES string of the molecule is CCOC(=O)C1C(=O)N(C(=O)Oc2ccccc2)c2ccc(Cl)cc21. The summed E-state index contributed by atoms with van der Waals surface area (Å²) >= 11 is 5.98. The van der Waals surface area contributed by atoms with Crippen LogP contribution in [0.4, 0.5) is 10.5 Å². The van der Waals surface area contributed by atoms with Crippen molar-refractivity contribution < 1.29 is 23.9 Å². The van der Waals surface area contributed by atoms with E-state index in [1.54, 1.807) is 37.3 Å². The number of anilines is 1. The van der Waals surface area contributed by atoms with E-state index in [4.69, 9.17) is 21.1 Å². The lowest BCUT2D eigenvalue weighted by Gasteiger charge is -2.15. The minimum atomic E-state index is -1.24. The molecule has 0 bridgehead atoms. The molecule has 1 atom stereocenters. The first-order chi connectivity index (χ1) is 12.0. The zero-order valence-corrected chi connectivity index (χ0v) is 14.0. The molecule has 0 saturated carbocycles. The number of para-hydroxylation sites is 1. The molecule has 7 heteroatoms. The Bertz CT molecular complexity index is 837. The van der Waals surface area contributed by atoms with E-state index in [0.29, 0.717) is 10.6 Å². The fraction of sp³-hybridized carbons (Fsp3) is 0.167. The highest BCUT2D eigenvalue weighted by Crippen LogP contribution is 2.40. The number of imide groups is 1. The van der Waals surface area contributed by atoms with Crippen molar-refractivity contribution in [1.82, 2.24) is 0 Å². The number of amides is 2. The van der Waals surface area contributed by atoms with Gasteiger partial charge in [-0.05, 0) is 37.3 Å². The van der Waals surface area contributed by atoms with E-state index < -0.39 is 23.9 Å². The zero-order chi connectivity index (χ0) is 18.0. The number of hydrogen-bond acceptors (Lipinski definition) is 5. The molecular weight excluding hydrogens is 346 g/mol. The molecule has 0 aromatic heterocycles. The van der Waals surface area contributed by atoms with E-state index in [1.165, 1.54) is 18.2 Å². The Morgan fingerprint density at radius 3 is 2.56 bits per heavy atom. The van der Waals surface area contributed by atoms with Crippen LogP contribution in [0.3, 0.4) is 0 Å². The van der Waals surface area contributed by atoms with Crippen LogP contribution in [-0.2, 0) is 14.3 Å². The van der Waals surface area contributed by atoms with Gasteiger partial charge in [-0.25, -0.2) is 9.69 Å². The predicted octanol–water partition coefficient (Wildman–Crippen LogP) is 3.53. The first kappa shape index (κ1) is 17.0. The first-order valence-corrected chi connectivity index (χ1v) is 7.97. The summed E-state index contributed by atoms with van der Waals surface area (Å²) < 4.78 is 10.2. The highest BCUT2D eigenvalue weighted by molar-refractivity contribution is 6.32. The van der Waals surface area contributed by atoms with Crippen molar-refractivity contribution in [2.75, 3.05) is 11.5 Å². The molecule has 1 aliphatic heterocycles. The third kappa shape index (κ3) is 3.21. The summed E-state index contributed by atoms with van der Waals surface area (Å²) in [6.07, 6.45) is -0.897. The molecule has 128 valence electrons. The summed E-state index contributed by atoms with van der Waals surface area (Å²) in [5, 5.41) is 0.346. The summed E-state index contributed by atoms with van der Waals surface area (Å²) in [6, 6.07) is 12.9. The molecular formula is C18H14ClNO5. The van der Waals surface area contributed by atoms with E-state index in [0.717, 1.165) is 4.90 Å². The molecule has 6 nitrogen and oxygen atoms in total. The van der Waals surface area contributed by atoms with Crippen LogP contribution in [0, 0.1) is 0 Å². The van der Waals surface area contributed by atoms with Crippen LogP contribution in [0.15, 0.2) is 48.5 Å². The smallest absolute Gasteiger partial charge is 0.426 e. The molecule has 25 heavy (non-hydrogen) atoms. The van der Waals surface area contributed by atoms with E-state index in [9.17, 15) is 14.4 Å². The maximum atomic E-state index is 12.7. The second-order valence-corrected chi connectivity index (χ2v) is 5.68. The van der Waals surface area contributed by atoms with E-state index in [-0.39, 0.29) is 18.0 Å². The Kier molecular flexibility index (Phi) is 4.72. The molecule has 1 aliphatic rings. The van der Waals surface area contributed by atoms with Gasteiger partial charge in [0.2, 0.25) is 0 Å². The third-order valence-corrected chi connectivity index (χ3v) is 3.90. The van der Waals surface area contributed by atoms with E-state index in [1.807, 2.05) is 0 Å². The van der Waals surface area contributed by atoms with E-state index >= 15 is 0 Å². The molecule has 0 saturated heterocycles. The lowest BCUT2D eigenvalue weighted by molar-refractivity contribution is -0.147. The number of ether oxygens (including phenoxy) is 2. The molecule has 0 radical (unpaired) electrons. The number of esters is 1. The average molecular weight is 360 g/mol. The molecule has 0 spiro atoms. The summed E-state index contributed by atoms with van der Waals surface area (Å²) in [7, 11) is 0. The van der Waals surface area contributed by atoms with Gasteiger partial charge in [-0.1, -0.05) is 29.8 Å². The van der Waals surface area contributed by atoms with Gasteiger partial charge in [0, 0.05) is 10.6 Å². The maximum absolute atomic E-state index is 12.7. The van der Waals surface area contributed by atoms with Crippen molar-refractivity contribution in [2.45, 2.75) is 12.8 Å². The molecule has 2 amide bonds. The number of benzene rings is 2. The zero-order valence-electron chi connectivity index (χ0n) is 13.3. The number of carbonyl (C=O) groups excluding carboxylic acids is 3. The Labute approximate surface area is 148 Å². The van der Waals surface area contributed by atoms with Gasteiger partial charge >= 0.3 is 12.1 Å². The second kappa shape index (κ2) is 6.94. The second-order valence-electron chi connectivity index (χ2n) is 5.24. The summed E-state index contributed by atoms with van der Waals surface area (Å²) in [5.74, 6) is -2.41. The summed E-state index contributed by atoms with van der Waals surface area (Å²) in [5.41, 5.74) is 0.578. The molecule has 1 unspecified atom stereocenters. The van der Waals surface area contributed by atoms with Gasteiger partial charge < -0.3 is 9.47 Å².